The summed E-state index contributed by atoms with van der Waals surface area (Å²) in [6.07, 6.45) is 0.856. The lowest BCUT2D eigenvalue weighted by Gasteiger charge is -2.09. The molecule has 0 aromatic heterocycles. The van der Waals surface area contributed by atoms with Crippen LogP contribution in [0.4, 0.5) is 5.69 Å². The fraction of sp³-hybridized carbons (Fsp3) is 0.350. The van der Waals surface area contributed by atoms with Crippen LogP contribution in [0.2, 0.25) is 0 Å². The number of rotatable bonds is 7. The molecule has 2 aromatic rings. The molecule has 0 aliphatic heterocycles. The van der Waals surface area contributed by atoms with Crippen molar-refractivity contribution in [3.8, 4) is 0 Å². The second-order valence-electron chi connectivity index (χ2n) is 6.22. The number of benzene rings is 2. The van der Waals surface area contributed by atoms with E-state index < -0.39 is 0 Å². The third-order valence-corrected chi connectivity index (χ3v) is 3.89. The lowest BCUT2D eigenvalue weighted by atomic mass is 10.0. The summed E-state index contributed by atoms with van der Waals surface area (Å²) in [4.78, 5) is 11.8. The van der Waals surface area contributed by atoms with E-state index in [0.717, 1.165) is 12.1 Å². The molecule has 0 saturated heterocycles. The van der Waals surface area contributed by atoms with E-state index in [1.165, 1.54) is 16.7 Å². The zero-order valence-corrected chi connectivity index (χ0v) is 14.2. The number of hydrogen-bond acceptors (Lipinski definition) is 2. The lowest BCUT2D eigenvalue weighted by molar-refractivity contribution is -0.119. The lowest BCUT2D eigenvalue weighted by Crippen LogP contribution is -2.31. The maximum absolute atomic E-state index is 11.8. The molecule has 122 valence electrons. The van der Waals surface area contributed by atoms with Crippen molar-refractivity contribution in [3.05, 3.63) is 65.2 Å². The van der Waals surface area contributed by atoms with Gasteiger partial charge in [0, 0.05) is 12.2 Å². The van der Waals surface area contributed by atoms with E-state index in [1.807, 2.05) is 31.2 Å². The van der Waals surface area contributed by atoms with Crippen LogP contribution in [0.1, 0.15) is 36.5 Å². The van der Waals surface area contributed by atoms with Gasteiger partial charge in [0.05, 0.1) is 6.54 Å². The number of amides is 1. The fourth-order valence-corrected chi connectivity index (χ4v) is 2.33. The van der Waals surface area contributed by atoms with Crippen molar-refractivity contribution in [2.24, 2.45) is 0 Å². The van der Waals surface area contributed by atoms with Crippen LogP contribution < -0.4 is 10.6 Å². The van der Waals surface area contributed by atoms with Crippen molar-refractivity contribution in [2.45, 2.75) is 33.1 Å². The molecule has 0 heterocycles. The first-order chi connectivity index (χ1) is 11.0. The summed E-state index contributed by atoms with van der Waals surface area (Å²) in [7, 11) is 0. The molecule has 0 atom stereocenters. The Balaban J connectivity index is 1.69. The van der Waals surface area contributed by atoms with E-state index in [0.29, 0.717) is 19.0 Å². The molecule has 0 unspecified atom stereocenters. The van der Waals surface area contributed by atoms with Crippen molar-refractivity contribution in [1.29, 1.82) is 0 Å². The summed E-state index contributed by atoms with van der Waals surface area (Å²) < 4.78 is 0. The minimum atomic E-state index is 0.0179. The second kappa shape index (κ2) is 8.37. The first-order valence-corrected chi connectivity index (χ1v) is 8.20. The minimum absolute atomic E-state index is 0.0179. The largest absolute Gasteiger partial charge is 0.376 e. The first-order valence-electron chi connectivity index (χ1n) is 8.20. The summed E-state index contributed by atoms with van der Waals surface area (Å²) >= 11 is 0. The Bertz CT molecular complexity index is 615. The highest BCUT2D eigenvalue weighted by Crippen LogP contribution is 2.14. The molecule has 2 aromatic carbocycles. The van der Waals surface area contributed by atoms with Crippen LogP contribution in [0.3, 0.4) is 0 Å². The highest BCUT2D eigenvalue weighted by Gasteiger charge is 2.02. The zero-order valence-electron chi connectivity index (χ0n) is 14.2. The predicted octanol–water partition coefficient (Wildman–Crippen LogP) is 3.89. The number of anilines is 1. The molecule has 0 radical (unpaired) electrons. The Morgan fingerprint density at radius 3 is 2.26 bits per heavy atom. The van der Waals surface area contributed by atoms with Gasteiger partial charge in [0.2, 0.25) is 5.91 Å². The molecule has 0 fully saturated rings. The fourth-order valence-electron chi connectivity index (χ4n) is 2.33. The van der Waals surface area contributed by atoms with Crippen molar-refractivity contribution in [1.82, 2.24) is 5.32 Å². The van der Waals surface area contributed by atoms with E-state index in [1.54, 1.807) is 0 Å². The Morgan fingerprint density at radius 2 is 1.65 bits per heavy atom. The molecule has 0 saturated carbocycles. The monoisotopic (exact) mass is 310 g/mol. The minimum Gasteiger partial charge on any atom is -0.376 e. The summed E-state index contributed by atoms with van der Waals surface area (Å²) in [6, 6.07) is 16.7. The molecule has 2 N–H and O–H groups in total. The number of carbonyl (C=O) groups is 1. The van der Waals surface area contributed by atoms with Gasteiger partial charge >= 0.3 is 0 Å². The van der Waals surface area contributed by atoms with E-state index in [-0.39, 0.29) is 5.91 Å². The van der Waals surface area contributed by atoms with Gasteiger partial charge in [0.1, 0.15) is 0 Å². The van der Waals surface area contributed by atoms with Crippen molar-refractivity contribution >= 4 is 11.6 Å². The Morgan fingerprint density at radius 1 is 1.00 bits per heavy atom. The topological polar surface area (TPSA) is 41.1 Å². The van der Waals surface area contributed by atoms with Gasteiger partial charge in [-0.2, -0.15) is 0 Å². The van der Waals surface area contributed by atoms with Gasteiger partial charge in [-0.1, -0.05) is 55.8 Å². The van der Waals surface area contributed by atoms with Gasteiger partial charge in [-0.15, -0.1) is 0 Å². The van der Waals surface area contributed by atoms with Gasteiger partial charge in [-0.25, -0.2) is 0 Å². The maximum atomic E-state index is 11.8. The summed E-state index contributed by atoms with van der Waals surface area (Å²) in [6.45, 7) is 7.39. The summed E-state index contributed by atoms with van der Waals surface area (Å²) in [5, 5.41) is 6.08. The third kappa shape index (κ3) is 5.78. The van der Waals surface area contributed by atoms with Crippen LogP contribution in [-0.4, -0.2) is 19.0 Å². The van der Waals surface area contributed by atoms with Gasteiger partial charge in [-0.3, -0.25) is 4.79 Å². The number of hydrogen-bond donors (Lipinski definition) is 2. The Kier molecular flexibility index (Phi) is 6.21. The average molecular weight is 310 g/mol. The molecule has 0 aliphatic carbocycles. The van der Waals surface area contributed by atoms with Crippen LogP contribution in [0.5, 0.6) is 0 Å². The van der Waals surface area contributed by atoms with Crippen LogP contribution in [0, 0.1) is 6.92 Å². The van der Waals surface area contributed by atoms with Gasteiger partial charge < -0.3 is 10.6 Å². The molecule has 2 rings (SSSR count). The van der Waals surface area contributed by atoms with Crippen LogP contribution >= 0.6 is 0 Å². The van der Waals surface area contributed by atoms with E-state index in [4.69, 9.17) is 0 Å². The average Bonchev–Trinajstić information content (AvgIpc) is 2.55. The zero-order chi connectivity index (χ0) is 16.7. The van der Waals surface area contributed by atoms with Crippen molar-refractivity contribution in [3.63, 3.8) is 0 Å². The Labute approximate surface area is 139 Å². The second-order valence-corrected chi connectivity index (χ2v) is 6.22. The van der Waals surface area contributed by atoms with E-state index in [9.17, 15) is 4.79 Å². The molecular weight excluding hydrogens is 284 g/mol. The molecule has 3 heteroatoms. The number of nitrogens with one attached hydrogen (secondary N) is 2. The standard InChI is InChI=1S/C20H26N2O/c1-15(2)18-8-6-17(7-9-18)12-13-21-20(23)14-22-19-10-4-16(3)5-11-19/h4-11,15,22H,12-14H2,1-3H3,(H,21,23). The maximum Gasteiger partial charge on any atom is 0.239 e. The first kappa shape index (κ1) is 17.1. The predicted molar refractivity (Wildman–Crippen MR) is 96.9 cm³/mol. The quantitative estimate of drug-likeness (QED) is 0.814. The highest BCUT2D eigenvalue weighted by molar-refractivity contribution is 5.80. The van der Waals surface area contributed by atoms with E-state index >= 15 is 0 Å². The molecule has 0 spiro atoms. The Hall–Kier alpha value is -2.29. The number of carbonyl (C=O) groups excluding carboxylic acids is 1. The molecule has 3 nitrogen and oxygen atoms in total. The normalized spacial score (nSPS) is 10.6. The van der Waals surface area contributed by atoms with Crippen LogP contribution in [-0.2, 0) is 11.2 Å². The smallest absolute Gasteiger partial charge is 0.239 e. The van der Waals surface area contributed by atoms with E-state index in [2.05, 4.69) is 48.7 Å². The van der Waals surface area contributed by atoms with Crippen molar-refractivity contribution in [2.75, 3.05) is 18.4 Å². The van der Waals surface area contributed by atoms with Gasteiger partial charge in [0.25, 0.3) is 0 Å². The molecular formula is C20H26N2O. The van der Waals surface area contributed by atoms with Crippen LogP contribution in [0.15, 0.2) is 48.5 Å². The molecule has 23 heavy (non-hydrogen) atoms. The molecule has 0 aliphatic rings. The van der Waals surface area contributed by atoms with Crippen molar-refractivity contribution < 1.29 is 4.79 Å². The van der Waals surface area contributed by atoms with Gasteiger partial charge in [-0.05, 0) is 42.5 Å². The summed E-state index contributed by atoms with van der Waals surface area (Å²) in [5.74, 6) is 0.570. The van der Waals surface area contributed by atoms with Crippen LogP contribution in [0.25, 0.3) is 0 Å². The SMILES string of the molecule is Cc1ccc(NCC(=O)NCCc2ccc(C(C)C)cc2)cc1. The summed E-state index contributed by atoms with van der Waals surface area (Å²) in [5.41, 5.74) is 4.78. The highest BCUT2D eigenvalue weighted by atomic mass is 16.1. The number of aryl methyl sites for hydroxylation is 1. The molecule has 1 amide bonds. The van der Waals surface area contributed by atoms with Gasteiger partial charge in [0.15, 0.2) is 0 Å². The molecule has 0 bridgehead atoms. The third-order valence-electron chi connectivity index (χ3n) is 3.89.